The molecule has 4 aliphatic rings. The lowest BCUT2D eigenvalue weighted by Crippen LogP contribution is -2.53. The average Bonchev–Trinajstić information content (AvgIpc) is 3.91. The summed E-state index contributed by atoms with van der Waals surface area (Å²) in [5.74, 6) is 0. The van der Waals surface area contributed by atoms with E-state index >= 15 is 0 Å². The Morgan fingerprint density at radius 3 is 2.17 bits per heavy atom. The number of ether oxygens (including phenoxy) is 3. The van der Waals surface area contributed by atoms with Gasteiger partial charge in [0.15, 0.2) is 8.32 Å². The number of likely N-dealkylation sites (tertiary alicyclic amines) is 2. The number of anilines is 2. The summed E-state index contributed by atoms with van der Waals surface area (Å²) in [6.07, 6.45) is -1.99. The highest BCUT2D eigenvalue weighted by atomic mass is 28.4. The van der Waals surface area contributed by atoms with Crippen LogP contribution in [-0.4, -0.2) is 76.0 Å². The topological polar surface area (TPSA) is 135 Å². The molecular formula is C38H46N6O7Si. The summed E-state index contributed by atoms with van der Waals surface area (Å²) >= 11 is 0. The van der Waals surface area contributed by atoms with Crippen LogP contribution in [0, 0.1) is 0 Å². The highest BCUT2D eigenvalue weighted by Gasteiger charge is 2.63. The second-order valence-corrected chi connectivity index (χ2v) is 18.4. The summed E-state index contributed by atoms with van der Waals surface area (Å²) < 4.78 is 23.6. The van der Waals surface area contributed by atoms with Gasteiger partial charge >= 0.3 is 18.3 Å². The number of azo groups is 1. The Morgan fingerprint density at radius 2 is 1.46 bits per heavy atom. The minimum Gasteiger partial charge on any atom is -0.453 e. The van der Waals surface area contributed by atoms with E-state index in [2.05, 4.69) is 26.1 Å². The van der Waals surface area contributed by atoms with Crippen molar-refractivity contribution in [3.05, 3.63) is 89.5 Å². The fraction of sp³-hybridized carbons (Fsp3) is 0.447. The van der Waals surface area contributed by atoms with Crippen molar-refractivity contribution in [1.82, 2.24) is 9.80 Å². The van der Waals surface area contributed by atoms with E-state index in [1.807, 2.05) is 72.8 Å². The van der Waals surface area contributed by atoms with Crippen LogP contribution in [0.3, 0.4) is 0 Å². The van der Waals surface area contributed by atoms with E-state index in [1.165, 1.54) is 24.0 Å². The number of carbonyl (C=O) groups is 3. The van der Waals surface area contributed by atoms with Gasteiger partial charge in [0.2, 0.25) is 0 Å². The molecule has 3 aromatic carbocycles. The first-order valence-corrected chi connectivity index (χ1v) is 20.6. The molecule has 2 unspecified atom stereocenters. The first-order valence-electron chi connectivity index (χ1n) is 18.0. The zero-order valence-electron chi connectivity index (χ0n) is 30.3. The van der Waals surface area contributed by atoms with Gasteiger partial charge in [-0.2, -0.15) is 10.2 Å². The van der Waals surface area contributed by atoms with E-state index in [-0.39, 0.29) is 13.2 Å². The van der Waals surface area contributed by atoms with Crippen molar-refractivity contribution in [2.45, 2.75) is 81.8 Å². The molecule has 0 aromatic heterocycles. The third-order valence-electron chi connectivity index (χ3n) is 11.5. The van der Waals surface area contributed by atoms with Gasteiger partial charge in [-0.15, -0.1) is 0 Å². The third kappa shape index (κ3) is 5.50. The fourth-order valence-electron chi connectivity index (χ4n) is 8.58. The molecule has 13 nitrogen and oxygen atoms in total. The standard InChI is InChI=1S/C38H46N6O7Si/c1-6-52(7-2,8-3)51-38-22-24-42(34(45)48-4)32(38)39-31-28(38)18-14-19-29(31)40-41-37-21-23-43(35(46)49-5)33(37)44(30-20-13-12-17-27(30)37)36(47)50-25-26-15-10-9-11-16-26/h9-20,32-33,39H,6-8,21-25H2,1-5H3/b41-40+/t32?,33?,37-,38-/m0/s1. The van der Waals surface area contributed by atoms with Crippen LogP contribution in [0.15, 0.2) is 83.0 Å². The maximum absolute atomic E-state index is 14.0. The first-order chi connectivity index (χ1) is 25.2. The number of fused-ring (bicyclic) bond motifs is 6. The molecule has 52 heavy (non-hydrogen) atoms. The van der Waals surface area contributed by atoms with Crippen molar-refractivity contribution in [2.24, 2.45) is 10.2 Å². The van der Waals surface area contributed by atoms with Gasteiger partial charge in [0, 0.05) is 37.1 Å². The molecule has 2 saturated heterocycles. The van der Waals surface area contributed by atoms with E-state index in [1.54, 1.807) is 4.90 Å². The lowest BCUT2D eigenvalue weighted by molar-refractivity contribution is 0.0324. The van der Waals surface area contributed by atoms with Gasteiger partial charge in [-0.3, -0.25) is 14.7 Å². The molecule has 0 spiro atoms. The molecule has 0 aliphatic carbocycles. The van der Waals surface area contributed by atoms with Crippen molar-refractivity contribution in [2.75, 3.05) is 37.5 Å². The van der Waals surface area contributed by atoms with E-state index in [0.717, 1.165) is 40.5 Å². The number of nitrogens with one attached hydrogen (secondary N) is 1. The Hall–Kier alpha value is -4.95. The van der Waals surface area contributed by atoms with Gasteiger partial charge in [0.25, 0.3) is 0 Å². The Morgan fingerprint density at radius 1 is 0.808 bits per heavy atom. The molecule has 274 valence electrons. The predicted octanol–water partition coefficient (Wildman–Crippen LogP) is 8.06. The molecule has 3 amide bonds. The van der Waals surface area contributed by atoms with Gasteiger partial charge in [0.05, 0.1) is 25.6 Å². The second-order valence-electron chi connectivity index (χ2n) is 13.7. The number of para-hydroxylation sites is 2. The number of benzene rings is 3. The summed E-state index contributed by atoms with van der Waals surface area (Å²) in [6, 6.07) is 25.6. The molecule has 7 rings (SSSR count). The quantitative estimate of drug-likeness (QED) is 0.133. The highest BCUT2D eigenvalue weighted by molar-refractivity contribution is 6.73. The maximum Gasteiger partial charge on any atom is 0.416 e. The molecule has 3 aromatic rings. The minimum absolute atomic E-state index is 0.0610. The fourth-order valence-corrected chi connectivity index (χ4v) is 11.6. The molecule has 4 atom stereocenters. The molecular weight excluding hydrogens is 681 g/mol. The van der Waals surface area contributed by atoms with Crippen molar-refractivity contribution < 1.29 is 33.0 Å². The van der Waals surface area contributed by atoms with Gasteiger partial charge < -0.3 is 24.0 Å². The van der Waals surface area contributed by atoms with Crippen LogP contribution in [0.1, 0.15) is 50.3 Å². The first kappa shape index (κ1) is 35.4. The molecule has 0 saturated carbocycles. The van der Waals surface area contributed by atoms with Crippen LogP contribution in [0.5, 0.6) is 0 Å². The molecule has 0 radical (unpaired) electrons. The number of hydrogen-bond acceptors (Lipinski definition) is 10. The number of nitrogens with zero attached hydrogens (tertiary/aromatic N) is 5. The summed E-state index contributed by atoms with van der Waals surface area (Å²) in [6.45, 7) is 7.41. The van der Waals surface area contributed by atoms with Crippen LogP contribution in [0.2, 0.25) is 18.1 Å². The number of amides is 3. The van der Waals surface area contributed by atoms with Crippen LogP contribution < -0.4 is 10.2 Å². The number of methoxy groups -OCH3 is 2. The zero-order valence-corrected chi connectivity index (χ0v) is 31.3. The smallest absolute Gasteiger partial charge is 0.416 e. The Labute approximate surface area is 305 Å². The zero-order chi connectivity index (χ0) is 36.7. The second kappa shape index (κ2) is 13.9. The van der Waals surface area contributed by atoms with Gasteiger partial charge in [-0.05, 0) is 35.8 Å². The minimum atomic E-state index is -2.18. The van der Waals surface area contributed by atoms with E-state index in [4.69, 9.17) is 28.9 Å². The third-order valence-corrected chi connectivity index (χ3v) is 16.1. The Balaban J connectivity index is 1.30. The van der Waals surface area contributed by atoms with Crippen molar-refractivity contribution in [3.63, 3.8) is 0 Å². The van der Waals surface area contributed by atoms with Crippen molar-refractivity contribution in [1.29, 1.82) is 0 Å². The van der Waals surface area contributed by atoms with E-state index in [9.17, 15) is 14.4 Å². The molecule has 4 aliphatic heterocycles. The van der Waals surface area contributed by atoms with Crippen LogP contribution in [0.4, 0.5) is 31.4 Å². The lowest BCUT2D eigenvalue weighted by atomic mass is 9.90. The van der Waals surface area contributed by atoms with Crippen LogP contribution >= 0.6 is 0 Å². The van der Waals surface area contributed by atoms with Crippen molar-refractivity contribution >= 4 is 43.7 Å². The maximum atomic E-state index is 14.0. The monoisotopic (exact) mass is 726 g/mol. The summed E-state index contributed by atoms with van der Waals surface area (Å²) in [5, 5.41) is 13.6. The molecule has 2 fully saturated rings. The highest BCUT2D eigenvalue weighted by Crippen LogP contribution is 2.57. The number of hydrogen-bond donors (Lipinski definition) is 1. The van der Waals surface area contributed by atoms with E-state index in [0.29, 0.717) is 30.8 Å². The van der Waals surface area contributed by atoms with Crippen LogP contribution in [-0.2, 0) is 36.4 Å². The lowest BCUT2D eigenvalue weighted by Gasteiger charge is -2.41. The normalized spacial score (nSPS) is 24.3. The van der Waals surface area contributed by atoms with Gasteiger partial charge in [-0.1, -0.05) is 81.4 Å². The molecule has 14 heteroatoms. The Kier molecular flexibility index (Phi) is 9.46. The average molecular weight is 727 g/mol. The predicted molar refractivity (Wildman–Crippen MR) is 197 cm³/mol. The Bertz CT molecular complexity index is 1870. The summed E-state index contributed by atoms with van der Waals surface area (Å²) in [5.41, 5.74) is 2.51. The summed E-state index contributed by atoms with van der Waals surface area (Å²) in [7, 11) is 0.537. The number of carbonyl (C=O) groups excluding carboxylic acids is 3. The molecule has 4 heterocycles. The van der Waals surface area contributed by atoms with Crippen LogP contribution in [0.25, 0.3) is 0 Å². The number of rotatable bonds is 9. The SMILES string of the molecule is CC[Si](CC)(CC)O[C@]12CCN(C(=O)OC)C1Nc1c(/N=N/[C@]34CCN(C(=O)OC)C3N(C(=O)OCc3ccccc3)c3ccccc34)cccc12. The summed E-state index contributed by atoms with van der Waals surface area (Å²) in [4.78, 5) is 45.0. The molecule has 0 bridgehead atoms. The van der Waals surface area contributed by atoms with Gasteiger partial charge in [-0.25, -0.2) is 14.4 Å². The van der Waals surface area contributed by atoms with Crippen molar-refractivity contribution in [3.8, 4) is 0 Å². The largest absolute Gasteiger partial charge is 0.453 e. The van der Waals surface area contributed by atoms with Gasteiger partial charge in [0.1, 0.15) is 35.8 Å². The molecule has 1 N–H and O–H groups in total. The van der Waals surface area contributed by atoms with E-state index < -0.39 is 50.1 Å².